The summed E-state index contributed by atoms with van der Waals surface area (Å²) >= 11 is 1.89. The Hall–Kier alpha value is -2.05. The number of fused-ring (bicyclic) bond motifs is 2. The van der Waals surface area contributed by atoms with E-state index in [1.807, 2.05) is 16.3 Å². The molecule has 0 aliphatic carbocycles. The van der Waals surface area contributed by atoms with E-state index >= 15 is 0 Å². The predicted octanol–water partition coefficient (Wildman–Crippen LogP) is 6.19. The highest BCUT2D eigenvalue weighted by Crippen LogP contribution is 2.43. The minimum atomic E-state index is -2.14. The number of hydrogen-bond acceptors (Lipinski definition) is 9. The van der Waals surface area contributed by atoms with Crippen LogP contribution in [0.25, 0.3) is 11.2 Å². The first-order valence-electron chi connectivity index (χ1n) is 17.0. The third kappa shape index (κ3) is 8.06. The molecule has 3 aliphatic heterocycles. The van der Waals surface area contributed by atoms with Crippen LogP contribution in [-0.2, 0) is 18.4 Å². The Balaban J connectivity index is 1.25. The second-order valence-electron chi connectivity index (χ2n) is 16.3. The number of carbonyl (C=O) groups is 2. The van der Waals surface area contributed by atoms with Crippen LogP contribution in [-0.4, -0.2) is 90.0 Å². The first-order chi connectivity index (χ1) is 21.9. The van der Waals surface area contributed by atoms with Crippen LogP contribution in [0.4, 0.5) is 10.6 Å². The Morgan fingerprint density at radius 3 is 2.49 bits per heavy atom. The minimum Gasteiger partial charge on any atom is -0.414 e. The predicted molar refractivity (Wildman–Crippen MR) is 192 cm³/mol. The van der Waals surface area contributed by atoms with Gasteiger partial charge in [0, 0.05) is 23.8 Å². The number of imidazole rings is 1. The molecule has 12 nitrogen and oxygen atoms in total. The fourth-order valence-electron chi connectivity index (χ4n) is 5.85. The maximum absolute atomic E-state index is 13.0. The maximum atomic E-state index is 13.0. The van der Waals surface area contributed by atoms with Gasteiger partial charge >= 0.3 is 6.03 Å². The first kappa shape index (κ1) is 36.2. The van der Waals surface area contributed by atoms with Crippen LogP contribution < -0.4 is 16.0 Å². The number of thioether (sulfide) groups is 1. The molecule has 47 heavy (non-hydrogen) atoms. The minimum absolute atomic E-state index is 0.0336. The van der Waals surface area contributed by atoms with Gasteiger partial charge in [-0.3, -0.25) is 9.36 Å². The maximum Gasteiger partial charge on any atom is 0.315 e. The lowest BCUT2D eigenvalue weighted by Gasteiger charge is -2.39. The zero-order chi connectivity index (χ0) is 34.4. The van der Waals surface area contributed by atoms with Gasteiger partial charge in [-0.2, -0.15) is 11.8 Å². The number of carbonyl (C=O) groups excluding carboxylic acids is 2. The molecule has 3 saturated heterocycles. The summed E-state index contributed by atoms with van der Waals surface area (Å²) < 4.78 is 22.2. The molecule has 6 atom stereocenters. The third-order valence-corrected chi connectivity index (χ3v) is 21.3. The lowest BCUT2D eigenvalue weighted by Crippen LogP contribution is -2.45. The number of nitrogens with zero attached hydrogens (tertiary/aromatic N) is 4. The van der Waals surface area contributed by atoms with Crippen LogP contribution >= 0.6 is 11.8 Å². The summed E-state index contributed by atoms with van der Waals surface area (Å²) in [5, 5.41) is 9.50. The number of urea groups is 1. The van der Waals surface area contributed by atoms with Crippen molar-refractivity contribution in [2.45, 2.75) is 146 Å². The average molecular weight is 706 g/mol. The quantitative estimate of drug-likeness (QED) is 0.134. The van der Waals surface area contributed by atoms with Crippen molar-refractivity contribution in [1.82, 2.24) is 30.2 Å². The van der Waals surface area contributed by atoms with Gasteiger partial charge in [-0.1, -0.05) is 48.0 Å². The summed E-state index contributed by atoms with van der Waals surface area (Å²) in [5.74, 6) is 1.22. The monoisotopic (exact) mass is 705 g/mol. The number of hydrogen-bond donors (Lipinski definition) is 3. The number of unbranched alkanes of at least 4 members (excludes halogenated alkanes) is 1. The topological polar surface area (TPSA) is 142 Å². The lowest BCUT2D eigenvalue weighted by atomic mass is 10.0. The second kappa shape index (κ2) is 13.7. The van der Waals surface area contributed by atoms with Crippen LogP contribution in [0.15, 0.2) is 12.7 Å². The van der Waals surface area contributed by atoms with E-state index in [4.69, 9.17) is 13.6 Å². The van der Waals surface area contributed by atoms with Crippen molar-refractivity contribution in [1.29, 1.82) is 0 Å². The third-order valence-electron chi connectivity index (χ3n) is 10.8. The molecular formula is C32H55N7O5SSi2. The van der Waals surface area contributed by atoms with E-state index in [-0.39, 0.29) is 46.3 Å². The van der Waals surface area contributed by atoms with Gasteiger partial charge in [-0.15, -0.1) is 0 Å². The van der Waals surface area contributed by atoms with Crippen LogP contribution in [0.5, 0.6) is 0 Å². The molecule has 3 N–H and O–H groups in total. The van der Waals surface area contributed by atoms with E-state index in [2.05, 4.69) is 98.6 Å². The van der Waals surface area contributed by atoms with Crippen LogP contribution in [0.1, 0.15) is 79.9 Å². The van der Waals surface area contributed by atoms with Crippen molar-refractivity contribution < 1.29 is 23.2 Å². The summed E-state index contributed by atoms with van der Waals surface area (Å²) in [6, 6.07) is 0.323. The van der Waals surface area contributed by atoms with Gasteiger partial charge < -0.3 is 29.5 Å². The molecule has 0 radical (unpaired) electrons. The smallest absolute Gasteiger partial charge is 0.315 e. The van der Waals surface area contributed by atoms with E-state index in [0.717, 1.165) is 25.0 Å². The van der Waals surface area contributed by atoms with Crippen molar-refractivity contribution in [2.75, 3.05) is 17.7 Å². The Morgan fingerprint density at radius 1 is 1.06 bits per heavy atom. The van der Waals surface area contributed by atoms with E-state index in [9.17, 15) is 9.59 Å². The molecule has 15 heteroatoms. The molecule has 5 heterocycles. The fourth-order valence-corrected chi connectivity index (χ4v) is 9.75. The highest BCUT2D eigenvalue weighted by atomic mass is 32.2. The summed E-state index contributed by atoms with van der Waals surface area (Å²) in [4.78, 5) is 38.3. The first-order valence-corrected chi connectivity index (χ1v) is 23.9. The van der Waals surface area contributed by atoms with Gasteiger partial charge in [0.1, 0.15) is 6.33 Å². The van der Waals surface area contributed by atoms with Crippen molar-refractivity contribution in [3.05, 3.63) is 12.7 Å². The molecule has 5 rings (SSSR count). The molecule has 2 aromatic heterocycles. The van der Waals surface area contributed by atoms with Crippen molar-refractivity contribution in [3.63, 3.8) is 0 Å². The zero-order valence-corrected chi connectivity index (χ0v) is 32.6. The SMILES string of the molecule is CC(C)(C)[Si](C)(C)OC[C@@H]1C[C@@H](O[Si](C)(C)C(C)(C)C)[C@H](n2cnc3c(NC(=O)CCCC[C@@H]4SC[C@@H]5NC(=O)N[C@@H]54)ncnc32)O1. The van der Waals surface area contributed by atoms with Crippen molar-refractivity contribution in [3.8, 4) is 0 Å². The molecule has 262 valence electrons. The van der Waals surface area contributed by atoms with E-state index in [0.29, 0.717) is 41.7 Å². The van der Waals surface area contributed by atoms with E-state index in [1.54, 1.807) is 6.33 Å². The molecule has 0 saturated carbocycles. The zero-order valence-electron chi connectivity index (χ0n) is 29.8. The average Bonchev–Trinajstić information content (AvgIpc) is 3.72. The number of rotatable bonds is 12. The summed E-state index contributed by atoms with van der Waals surface area (Å²) in [6.07, 6.45) is 6.15. The molecular weight excluding hydrogens is 651 g/mol. The molecule has 3 amide bonds. The normalized spacial score (nSPS) is 26.8. The number of anilines is 1. The van der Waals surface area contributed by atoms with Crippen LogP contribution in [0, 0.1) is 0 Å². The lowest BCUT2D eigenvalue weighted by molar-refractivity contribution is -0.116. The molecule has 3 aliphatic rings. The Morgan fingerprint density at radius 2 is 1.79 bits per heavy atom. The largest absolute Gasteiger partial charge is 0.414 e. The fraction of sp³-hybridized carbons (Fsp3) is 0.781. The van der Waals surface area contributed by atoms with Crippen molar-refractivity contribution in [2.24, 2.45) is 0 Å². The standard InChI is InChI=1S/C32H55N7O5SSi2/c1-31(2,3)46(7,8)42-16-20-15-22(44-47(9,10)32(4,5)6)29(43-20)39-19-35-26-27(33-18-34-28(26)39)37-24(40)14-12-11-13-23-25-21(17-45-23)36-30(41)38-25/h18-23,25,29H,11-17H2,1-10H3,(H2,36,38,41)(H,33,34,37,40)/t20-,21-,22+,23-,25-,29+/m0/s1. The van der Waals surface area contributed by atoms with Gasteiger partial charge in [-0.05, 0) is 49.1 Å². The molecule has 0 spiro atoms. The van der Waals surface area contributed by atoms with E-state index < -0.39 is 22.9 Å². The summed E-state index contributed by atoms with van der Waals surface area (Å²) in [7, 11) is -4.10. The highest BCUT2D eigenvalue weighted by molar-refractivity contribution is 8.00. The van der Waals surface area contributed by atoms with Crippen LogP contribution in [0.2, 0.25) is 36.3 Å². The summed E-state index contributed by atoms with van der Waals surface area (Å²) in [5.41, 5.74) is 1.12. The van der Waals surface area contributed by atoms with E-state index in [1.165, 1.54) is 6.33 Å². The Bertz CT molecular complexity index is 1440. The number of nitrogens with one attached hydrogen (secondary N) is 3. The molecule has 0 unspecified atom stereocenters. The highest BCUT2D eigenvalue weighted by Gasteiger charge is 2.47. The summed E-state index contributed by atoms with van der Waals surface area (Å²) in [6.45, 7) is 23.0. The van der Waals surface area contributed by atoms with Crippen LogP contribution in [0.3, 0.4) is 0 Å². The number of aromatic nitrogens is 4. The number of amides is 3. The Labute approximate surface area is 285 Å². The molecule has 2 aromatic rings. The van der Waals surface area contributed by atoms with Gasteiger partial charge in [-0.25, -0.2) is 19.7 Å². The molecule has 3 fully saturated rings. The molecule has 0 aromatic carbocycles. The molecule has 0 bridgehead atoms. The second-order valence-corrected chi connectivity index (χ2v) is 27.2. The van der Waals surface area contributed by atoms with Gasteiger partial charge in [0.15, 0.2) is 39.8 Å². The van der Waals surface area contributed by atoms with Gasteiger partial charge in [0.05, 0.1) is 37.2 Å². The van der Waals surface area contributed by atoms with Gasteiger partial charge in [0.25, 0.3) is 0 Å². The van der Waals surface area contributed by atoms with Crippen molar-refractivity contribution >= 4 is 57.3 Å². The van der Waals surface area contributed by atoms with Gasteiger partial charge in [0.2, 0.25) is 5.91 Å². The number of ether oxygens (including phenoxy) is 1. The Kier molecular flexibility index (Phi) is 10.6.